The molecule has 1 aromatic rings. The minimum atomic E-state index is -0.745. The molecule has 94 valence electrons. The van der Waals surface area contributed by atoms with Gasteiger partial charge >= 0.3 is 5.97 Å². The van der Waals surface area contributed by atoms with Gasteiger partial charge in [0.1, 0.15) is 11.6 Å². The number of carbonyl (C=O) groups is 1. The van der Waals surface area contributed by atoms with Crippen LogP contribution in [0.5, 0.6) is 0 Å². The number of rotatable bonds is 6. The monoisotopic (exact) mass is 237 g/mol. The predicted octanol–water partition coefficient (Wildman–Crippen LogP) is 2.15. The molecule has 0 fully saturated rings. The van der Waals surface area contributed by atoms with Crippen molar-refractivity contribution >= 4 is 11.8 Å². The highest BCUT2D eigenvalue weighted by molar-refractivity contribution is 5.66. The minimum absolute atomic E-state index is 0.211. The number of nitrogens with one attached hydrogen (secondary N) is 1. The van der Waals surface area contributed by atoms with Crippen molar-refractivity contribution in [3.05, 3.63) is 17.6 Å². The van der Waals surface area contributed by atoms with Crippen molar-refractivity contribution in [2.45, 2.75) is 46.1 Å². The van der Waals surface area contributed by atoms with Crippen molar-refractivity contribution in [3.63, 3.8) is 0 Å². The third kappa shape index (κ3) is 5.29. The first-order valence-corrected chi connectivity index (χ1v) is 5.78. The molecule has 1 atom stereocenters. The van der Waals surface area contributed by atoms with E-state index in [4.69, 9.17) is 5.11 Å². The Labute approximate surface area is 101 Å². The lowest BCUT2D eigenvalue weighted by atomic mass is 10.1. The van der Waals surface area contributed by atoms with Crippen LogP contribution in [0.15, 0.2) is 6.07 Å². The summed E-state index contributed by atoms with van der Waals surface area (Å²) < 4.78 is 0. The predicted molar refractivity (Wildman–Crippen MR) is 66.1 cm³/mol. The number of hydrogen-bond acceptors (Lipinski definition) is 4. The summed E-state index contributed by atoms with van der Waals surface area (Å²) in [7, 11) is 0. The van der Waals surface area contributed by atoms with E-state index in [1.807, 2.05) is 26.8 Å². The van der Waals surface area contributed by atoms with Gasteiger partial charge in [0.2, 0.25) is 0 Å². The maximum absolute atomic E-state index is 10.4. The van der Waals surface area contributed by atoms with Crippen molar-refractivity contribution in [1.29, 1.82) is 0 Å². The topological polar surface area (TPSA) is 75.1 Å². The van der Waals surface area contributed by atoms with Crippen LogP contribution in [-0.4, -0.2) is 27.1 Å². The van der Waals surface area contributed by atoms with Crippen molar-refractivity contribution in [3.8, 4) is 0 Å². The molecule has 0 aliphatic heterocycles. The van der Waals surface area contributed by atoms with E-state index in [1.165, 1.54) is 0 Å². The second-order valence-corrected chi connectivity index (χ2v) is 4.27. The highest BCUT2D eigenvalue weighted by Crippen LogP contribution is 2.10. The van der Waals surface area contributed by atoms with Gasteiger partial charge in [-0.3, -0.25) is 4.79 Å². The van der Waals surface area contributed by atoms with Crippen LogP contribution in [0.1, 0.15) is 37.7 Å². The quantitative estimate of drug-likeness (QED) is 0.793. The molecule has 0 aliphatic rings. The molecule has 0 saturated heterocycles. The van der Waals surface area contributed by atoms with Crippen LogP contribution in [-0.2, 0) is 4.79 Å². The van der Waals surface area contributed by atoms with Crippen LogP contribution in [0.25, 0.3) is 0 Å². The first-order chi connectivity index (χ1) is 7.97. The van der Waals surface area contributed by atoms with Gasteiger partial charge in [-0.05, 0) is 33.6 Å². The van der Waals surface area contributed by atoms with Gasteiger partial charge in [0.15, 0.2) is 0 Å². The lowest BCUT2D eigenvalue weighted by Gasteiger charge is -2.14. The van der Waals surface area contributed by atoms with Crippen LogP contribution < -0.4 is 5.32 Å². The standard InChI is InChI=1S/C12H19N3O2/c1-8(5-4-6-12(16)17)14-11-7-9(2)13-10(3)15-11/h7-8H,4-6H2,1-3H3,(H,16,17)(H,13,14,15). The maximum atomic E-state index is 10.4. The van der Waals surface area contributed by atoms with E-state index in [1.54, 1.807) is 0 Å². The zero-order valence-electron chi connectivity index (χ0n) is 10.5. The third-order valence-electron chi connectivity index (χ3n) is 2.39. The van der Waals surface area contributed by atoms with Crippen molar-refractivity contribution in [2.24, 2.45) is 0 Å². The smallest absolute Gasteiger partial charge is 0.303 e. The van der Waals surface area contributed by atoms with Crippen LogP contribution in [0.4, 0.5) is 5.82 Å². The lowest BCUT2D eigenvalue weighted by molar-refractivity contribution is -0.137. The Bertz CT molecular complexity index is 373. The second kappa shape index (κ2) is 6.18. The summed E-state index contributed by atoms with van der Waals surface area (Å²) in [4.78, 5) is 18.9. The summed E-state index contributed by atoms with van der Waals surface area (Å²) in [6.07, 6.45) is 1.70. The Morgan fingerprint density at radius 3 is 2.76 bits per heavy atom. The molecule has 1 aromatic heterocycles. The van der Waals surface area contributed by atoms with E-state index in [-0.39, 0.29) is 12.5 Å². The third-order valence-corrected chi connectivity index (χ3v) is 2.39. The lowest BCUT2D eigenvalue weighted by Crippen LogP contribution is -2.17. The summed E-state index contributed by atoms with van der Waals surface area (Å²) in [6, 6.07) is 2.10. The fourth-order valence-corrected chi connectivity index (χ4v) is 1.67. The molecule has 0 aromatic carbocycles. The van der Waals surface area contributed by atoms with E-state index < -0.39 is 5.97 Å². The number of hydrogen-bond donors (Lipinski definition) is 2. The second-order valence-electron chi connectivity index (χ2n) is 4.27. The zero-order valence-corrected chi connectivity index (χ0v) is 10.5. The van der Waals surface area contributed by atoms with Gasteiger partial charge in [0.05, 0.1) is 0 Å². The molecule has 17 heavy (non-hydrogen) atoms. The van der Waals surface area contributed by atoms with Gasteiger partial charge in [0, 0.05) is 24.2 Å². The van der Waals surface area contributed by atoms with Crippen LogP contribution in [0.3, 0.4) is 0 Å². The summed E-state index contributed by atoms with van der Waals surface area (Å²) in [5.41, 5.74) is 0.928. The molecule has 1 rings (SSSR count). The van der Waals surface area contributed by atoms with Gasteiger partial charge < -0.3 is 10.4 Å². The number of carboxylic acid groups (broad SMARTS) is 1. The number of aromatic nitrogens is 2. The molecule has 0 bridgehead atoms. The molecular formula is C12H19N3O2. The molecule has 5 heteroatoms. The SMILES string of the molecule is Cc1cc(NC(C)CCCC(=O)O)nc(C)n1. The van der Waals surface area contributed by atoms with Gasteiger partial charge in [-0.15, -0.1) is 0 Å². The molecule has 0 aliphatic carbocycles. The Hall–Kier alpha value is -1.65. The van der Waals surface area contributed by atoms with Crippen LogP contribution >= 0.6 is 0 Å². The van der Waals surface area contributed by atoms with Gasteiger partial charge in [-0.1, -0.05) is 0 Å². The fraction of sp³-hybridized carbons (Fsp3) is 0.583. The Balaban J connectivity index is 2.44. The van der Waals surface area contributed by atoms with Crippen LogP contribution in [0, 0.1) is 13.8 Å². The van der Waals surface area contributed by atoms with Crippen molar-refractivity contribution in [1.82, 2.24) is 9.97 Å². The molecule has 0 saturated carbocycles. The molecule has 0 spiro atoms. The van der Waals surface area contributed by atoms with E-state index in [0.29, 0.717) is 6.42 Å². The zero-order chi connectivity index (χ0) is 12.8. The summed E-state index contributed by atoms with van der Waals surface area (Å²) in [6.45, 7) is 5.80. The normalized spacial score (nSPS) is 12.2. The largest absolute Gasteiger partial charge is 0.481 e. The average Bonchev–Trinajstić information content (AvgIpc) is 2.14. The van der Waals surface area contributed by atoms with E-state index in [2.05, 4.69) is 15.3 Å². The molecule has 5 nitrogen and oxygen atoms in total. The molecule has 2 N–H and O–H groups in total. The highest BCUT2D eigenvalue weighted by atomic mass is 16.4. The molecule has 0 amide bonds. The summed E-state index contributed by atoms with van der Waals surface area (Å²) in [5.74, 6) is 0.800. The van der Waals surface area contributed by atoms with Crippen molar-refractivity contribution < 1.29 is 9.90 Å². The van der Waals surface area contributed by atoms with E-state index in [0.717, 1.165) is 23.8 Å². The van der Waals surface area contributed by atoms with Gasteiger partial charge in [-0.25, -0.2) is 9.97 Å². The van der Waals surface area contributed by atoms with Crippen molar-refractivity contribution in [2.75, 3.05) is 5.32 Å². The highest BCUT2D eigenvalue weighted by Gasteiger charge is 2.05. The molecular weight excluding hydrogens is 218 g/mol. The van der Waals surface area contributed by atoms with Crippen LogP contribution in [0.2, 0.25) is 0 Å². The number of aliphatic carboxylic acids is 1. The number of anilines is 1. The fourth-order valence-electron chi connectivity index (χ4n) is 1.67. The first-order valence-electron chi connectivity index (χ1n) is 5.78. The Kier molecular flexibility index (Phi) is 4.87. The summed E-state index contributed by atoms with van der Waals surface area (Å²) in [5, 5.41) is 11.8. The summed E-state index contributed by atoms with van der Waals surface area (Å²) >= 11 is 0. The number of nitrogens with zero attached hydrogens (tertiary/aromatic N) is 2. The molecule has 1 unspecified atom stereocenters. The first kappa shape index (κ1) is 13.4. The number of carboxylic acids is 1. The average molecular weight is 237 g/mol. The molecule has 0 radical (unpaired) electrons. The van der Waals surface area contributed by atoms with Gasteiger partial charge in [-0.2, -0.15) is 0 Å². The Morgan fingerprint density at radius 1 is 1.47 bits per heavy atom. The maximum Gasteiger partial charge on any atom is 0.303 e. The van der Waals surface area contributed by atoms with E-state index in [9.17, 15) is 4.79 Å². The Morgan fingerprint density at radius 2 is 2.18 bits per heavy atom. The number of aryl methyl sites for hydroxylation is 2. The molecule has 1 heterocycles. The minimum Gasteiger partial charge on any atom is -0.481 e. The van der Waals surface area contributed by atoms with E-state index >= 15 is 0 Å². The van der Waals surface area contributed by atoms with Gasteiger partial charge in [0.25, 0.3) is 0 Å².